The van der Waals surface area contributed by atoms with E-state index in [0.29, 0.717) is 13.2 Å². The summed E-state index contributed by atoms with van der Waals surface area (Å²) in [7, 11) is 4.87. The van der Waals surface area contributed by atoms with Gasteiger partial charge in [-0.2, -0.15) is 4.59 Å². The van der Waals surface area contributed by atoms with Gasteiger partial charge in [0.2, 0.25) is 5.70 Å². The lowest BCUT2D eigenvalue weighted by Gasteiger charge is -2.19. The summed E-state index contributed by atoms with van der Waals surface area (Å²) >= 11 is 0. The molecule has 10 nitrogen and oxygen atoms in total. The molecule has 0 atom stereocenters. The Bertz CT molecular complexity index is 756. The topological polar surface area (TPSA) is 126 Å². The van der Waals surface area contributed by atoms with Gasteiger partial charge in [-0.25, -0.2) is 9.59 Å². The highest BCUT2D eigenvalue weighted by Gasteiger charge is 2.33. The van der Waals surface area contributed by atoms with Crippen molar-refractivity contribution in [1.29, 1.82) is 0 Å². The molecule has 0 spiro atoms. The largest absolute Gasteiger partial charge is 0.855 e. The zero-order valence-corrected chi connectivity index (χ0v) is 14.9. The number of aromatic nitrogens is 2. The highest BCUT2D eigenvalue weighted by Crippen LogP contribution is 2.18. The molecule has 2 rings (SSSR count). The van der Waals surface area contributed by atoms with Crippen LogP contribution in [0.3, 0.4) is 0 Å². The minimum absolute atomic E-state index is 0.0856. The van der Waals surface area contributed by atoms with Gasteiger partial charge in [0.25, 0.3) is 5.56 Å². The van der Waals surface area contributed by atoms with Crippen LogP contribution in [-0.2, 0) is 21.3 Å². The number of H-pyrrole nitrogens is 1. The molecular formula is C15H22N4O6. The van der Waals surface area contributed by atoms with Gasteiger partial charge in [0.1, 0.15) is 5.69 Å². The molecule has 0 saturated carbocycles. The van der Waals surface area contributed by atoms with E-state index in [0.717, 1.165) is 0 Å². The van der Waals surface area contributed by atoms with Gasteiger partial charge in [-0.3, -0.25) is 14.6 Å². The maximum atomic E-state index is 11.3. The van der Waals surface area contributed by atoms with Gasteiger partial charge in [0.15, 0.2) is 0 Å². The Balaban J connectivity index is 0.000000251. The van der Waals surface area contributed by atoms with E-state index in [9.17, 15) is 19.5 Å². The number of nitrogens with zero attached hydrogens (tertiary/aromatic N) is 3. The molecule has 1 aliphatic heterocycles. The Morgan fingerprint density at radius 1 is 1.24 bits per heavy atom. The summed E-state index contributed by atoms with van der Waals surface area (Å²) in [6, 6.07) is 1.21. The van der Waals surface area contributed by atoms with Crippen molar-refractivity contribution in [2.24, 2.45) is 12.1 Å². The van der Waals surface area contributed by atoms with Crippen molar-refractivity contribution in [2.75, 3.05) is 27.3 Å². The predicted octanol–water partition coefficient (Wildman–Crippen LogP) is -0.913. The molecule has 1 aromatic heterocycles. The molecule has 138 valence electrons. The maximum absolute atomic E-state index is 11.3. The Labute approximate surface area is 144 Å². The molecule has 0 bridgehead atoms. The van der Waals surface area contributed by atoms with Gasteiger partial charge in [-0.1, -0.05) is 5.10 Å². The van der Waals surface area contributed by atoms with Crippen LogP contribution in [0.15, 0.2) is 27.7 Å². The molecule has 0 fully saturated rings. The van der Waals surface area contributed by atoms with Crippen LogP contribution >= 0.6 is 0 Å². The summed E-state index contributed by atoms with van der Waals surface area (Å²) in [5, 5.41) is 17.0. The summed E-state index contributed by atoms with van der Waals surface area (Å²) in [5.41, 5.74) is 0.203. The first kappa shape index (κ1) is 20.2. The third-order valence-corrected chi connectivity index (χ3v) is 3.07. The zero-order valence-electron chi connectivity index (χ0n) is 14.9. The second-order valence-corrected chi connectivity index (χ2v) is 5.37. The van der Waals surface area contributed by atoms with Crippen LogP contribution in [0.5, 0.6) is 0 Å². The molecule has 0 aliphatic carbocycles. The van der Waals surface area contributed by atoms with Crippen molar-refractivity contribution in [3.63, 3.8) is 0 Å². The standard InChI is InChI=1S/C8H12N2O3.C7H10N2O3/c1-4-13-8(12)6-5-7(11)9-10(6,2)3;1-3-12-7(11)5-4-6(10)8-9(5)2/h5H,4H2,1-3H3;4H,3H2,1-2H3,(H,8,10). The predicted molar refractivity (Wildman–Crippen MR) is 86.2 cm³/mol. The van der Waals surface area contributed by atoms with Gasteiger partial charge in [0, 0.05) is 19.2 Å². The normalized spacial score (nSPS) is 14.8. The number of hydrogen-bond acceptors (Lipinski definition) is 7. The van der Waals surface area contributed by atoms with E-state index in [1.165, 1.54) is 16.8 Å². The summed E-state index contributed by atoms with van der Waals surface area (Å²) in [6.45, 7) is 4.03. The maximum Gasteiger partial charge on any atom is 0.395 e. The van der Waals surface area contributed by atoms with Crippen LogP contribution in [0.1, 0.15) is 24.3 Å². The summed E-state index contributed by atoms with van der Waals surface area (Å²) < 4.78 is 10.7. The van der Waals surface area contributed by atoms with Crippen LogP contribution in [-0.4, -0.2) is 59.5 Å². The number of hydrogen-bond donors (Lipinski definition) is 1. The van der Waals surface area contributed by atoms with Crippen molar-refractivity contribution in [2.45, 2.75) is 13.8 Å². The lowest BCUT2D eigenvalue weighted by molar-refractivity contribution is -0.853. The molecule has 1 aliphatic rings. The fourth-order valence-corrected chi connectivity index (χ4v) is 1.97. The average molecular weight is 354 g/mol. The molecule has 25 heavy (non-hydrogen) atoms. The van der Waals surface area contributed by atoms with E-state index >= 15 is 0 Å². The minimum Gasteiger partial charge on any atom is -0.855 e. The smallest absolute Gasteiger partial charge is 0.395 e. The van der Waals surface area contributed by atoms with E-state index in [1.54, 1.807) is 35.0 Å². The number of carbonyl (C=O) groups is 2. The van der Waals surface area contributed by atoms with E-state index in [2.05, 4.69) is 10.2 Å². The van der Waals surface area contributed by atoms with E-state index in [-0.39, 0.29) is 21.5 Å². The van der Waals surface area contributed by atoms with Gasteiger partial charge in [-0.15, -0.1) is 0 Å². The van der Waals surface area contributed by atoms with Crippen LogP contribution in [0, 0.1) is 0 Å². The molecule has 0 unspecified atom stereocenters. The van der Waals surface area contributed by atoms with Gasteiger partial charge in [-0.05, 0) is 13.8 Å². The third-order valence-electron chi connectivity index (χ3n) is 3.07. The highest BCUT2D eigenvalue weighted by molar-refractivity contribution is 5.96. The number of esters is 2. The number of quaternary nitrogens is 1. The summed E-state index contributed by atoms with van der Waals surface area (Å²) in [5.74, 6) is -1.37. The minimum atomic E-state index is -0.488. The van der Waals surface area contributed by atoms with Crippen LogP contribution in [0.2, 0.25) is 0 Å². The van der Waals surface area contributed by atoms with Crippen LogP contribution in [0.25, 0.3) is 0 Å². The molecule has 10 heteroatoms. The molecule has 0 amide bonds. The second kappa shape index (κ2) is 8.29. The van der Waals surface area contributed by atoms with Gasteiger partial charge >= 0.3 is 11.9 Å². The number of ether oxygens (including phenoxy) is 2. The highest BCUT2D eigenvalue weighted by atomic mass is 16.5. The Kier molecular flexibility index (Phi) is 6.68. The SMILES string of the molecule is CCOC(=O)C1=CC([O-])=N[N+]1(C)C.CCOC(=O)c1cc(=O)[nH]n1C. The van der Waals surface area contributed by atoms with Crippen molar-refractivity contribution in [3.05, 3.63) is 33.9 Å². The Morgan fingerprint density at radius 2 is 1.80 bits per heavy atom. The number of nitrogens with one attached hydrogen (secondary N) is 1. The number of aryl methyl sites for hydroxylation is 1. The molecule has 2 heterocycles. The van der Waals surface area contributed by atoms with E-state index in [1.807, 2.05) is 0 Å². The Morgan fingerprint density at radius 3 is 2.20 bits per heavy atom. The first-order valence-corrected chi connectivity index (χ1v) is 7.56. The molecule has 0 saturated heterocycles. The lowest BCUT2D eigenvalue weighted by atomic mass is 10.4. The fourth-order valence-electron chi connectivity index (χ4n) is 1.97. The molecule has 1 N–H and O–H groups in total. The molecule has 0 radical (unpaired) electrons. The Hall–Kier alpha value is -2.88. The summed E-state index contributed by atoms with van der Waals surface area (Å²) in [4.78, 5) is 33.1. The second-order valence-electron chi connectivity index (χ2n) is 5.37. The van der Waals surface area contributed by atoms with Crippen LogP contribution in [0.4, 0.5) is 0 Å². The fraction of sp³-hybridized carbons (Fsp3) is 0.467. The monoisotopic (exact) mass is 354 g/mol. The van der Waals surface area contributed by atoms with Crippen molar-refractivity contribution in [3.8, 4) is 0 Å². The van der Waals surface area contributed by atoms with Gasteiger partial charge < -0.3 is 14.6 Å². The van der Waals surface area contributed by atoms with Crippen LogP contribution < -0.4 is 10.7 Å². The summed E-state index contributed by atoms with van der Waals surface area (Å²) in [6.07, 6.45) is 1.21. The lowest BCUT2D eigenvalue weighted by Crippen LogP contribution is -2.35. The quantitative estimate of drug-likeness (QED) is 0.551. The first-order valence-electron chi connectivity index (χ1n) is 7.56. The first-order chi connectivity index (χ1) is 11.6. The van der Waals surface area contributed by atoms with E-state index in [4.69, 9.17) is 9.47 Å². The average Bonchev–Trinajstić information content (AvgIpc) is 2.97. The van der Waals surface area contributed by atoms with Crippen molar-refractivity contribution >= 4 is 17.8 Å². The van der Waals surface area contributed by atoms with Crippen molar-refractivity contribution < 1.29 is 28.8 Å². The molecule has 0 aromatic carbocycles. The third kappa shape index (κ3) is 5.31. The zero-order chi connectivity index (χ0) is 19.2. The number of aromatic amines is 1. The molecule has 1 aromatic rings. The number of carbonyl (C=O) groups excluding carboxylic acids is 2. The van der Waals surface area contributed by atoms with Crippen molar-refractivity contribution in [1.82, 2.24) is 9.78 Å². The number of likely N-dealkylation sites (N-methyl/N-ethyl adjacent to an activating group) is 1. The van der Waals surface area contributed by atoms with E-state index < -0.39 is 17.8 Å². The van der Waals surface area contributed by atoms with Gasteiger partial charge in [0.05, 0.1) is 33.2 Å². The number of rotatable bonds is 4. The molecular weight excluding hydrogens is 332 g/mol.